The molecule has 0 aliphatic heterocycles. The number of nitrogens with one attached hydrogen (secondary N) is 2. The number of ether oxygens (including phenoxy) is 1. The van der Waals surface area contributed by atoms with E-state index >= 15 is 0 Å². The highest BCUT2D eigenvalue weighted by atomic mass is 35.5. The number of aromatic nitrogens is 2. The van der Waals surface area contributed by atoms with E-state index in [1.54, 1.807) is 6.21 Å². The zero-order valence-electron chi connectivity index (χ0n) is 12.4. The summed E-state index contributed by atoms with van der Waals surface area (Å²) >= 11 is 5.85. The number of benzene rings is 2. The van der Waals surface area contributed by atoms with Gasteiger partial charge >= 0.3 is 0 Å². The van der Waals surface area contributed by atoms with Gasteiger partial charge in [0.25, 0.3) is 5.56 Å². The van der Waals surface area contributed by atoms with Gasteiger partial charge in [0.15, 0.2) is 0 Å². The van der Waals surface area contributed by atoms with Crippen LogP contribution in [0, 0.1) is 0 Å². The van der Waals surface area contributed by atoms with Crippen LogP contribution >= 0.6 is 11.6 Å². The Labute approximate surface area is 142 Å². The lowest BCUT2D eigenvalue weighted by molar-refractivity contribution is 0.482. The lowest BCUT2D eigenvalue weighted by Crippen LogP contribution is -2.10. The van der Waals surface area contributed by atoms with Crippen LogP contribution in [0.15, 0.2) is 70.7 Å². The quantitative estimate of drug-likeness (QED) is 0.548. The van der Waals surface area contributed by atoms with E-state index in [4.69, 9.17) is 16.3 Å². The van der Waals surface area contributed by atoms with Crippen molar-refractivity contribution in [2.75, 3.05) is 5.43 Å². The lowest BCUT2D eigenvalue weighted by atomic mass is 10.2. The Bertz CT molecular complexity index is 910. The van der Waals surface area contributed by atoms with E-state index < -0.39 is 5.56 Å². The Morgan fingerprint density at radius 3 is 2.75 bits per heavy atom. The van der Waals surface area contributed by atoms with Crippen molar-refractivity contribution in [2.45, 2.75) is 0 Å². The molecule has 0 atom stereocenters. The number of hydrogen-bond acceptors (Lipinski definition) is 5. The van der Waals surface area contributed by atoms with Crippen LogP contribution in [0.2, 0.25) is 5.02 Å². The minimum Gasteiger partial charge on any atom is -0.457 e. The molecule has 0 unspecified atom stereocenters. The van der Waals surface area contributed by atoms with Crippen LogP contribution in [0.4, 0.5) is 5.69 Å². The first-order valence-corrected chi connectivity index (χ1v) is 7.45. The van der Waals surface area contributed by atoms with Crippen molar-refractivity contribution in [3.63, 3.8) is 0 Å². The first-order chi connectivity index (χ1) is 11.7. The third kappa shape index (κ3) is 3.99. The van der Waals surface area contributed by atoms with Gasteiger partial charge in [0.2, 0.25) is 0 Å². The fourth-order valence-corrected chi connectivity index (χ4v) is 2.05. The van der Waals surface area contributed by atoms with Gasteiger partial charge in [0.05, 0.1) is 12.4 Å². The summed E-state index contributed by atoms with van der Waals surface area (Å²) in [6, 6.07) is 16.9. The summed E-state index contributed by atoms with van der Waals surface area (Å²) in [5.74, 6) is 1.45. The van der Waals surface area contributed by atoms with Gasteiger partial charge in [-0.25, -0.2) is 5.10 Å². The number of nitrogens with zero attached hydrogens (tertiary/aromatic N) is 2. The molecule has 3 rings (SSSR count). The van der Waals surface area contributed by atoms with Gasteiger partial charge in [-0.3, -0.25) is 10.2 Å². The van der Waals surface area contributed by atoms with Crippen molar-refractivity contribution in [3.8, 4) is 11.5 Å². The minimum atomic E-state index is -0.477. The van der Waals surface area contributed by atoms with E-state index in [0.717, 1.165) is 11.3 Å². The highest BCUT2D eigenvalue weighted by molar-refractivity contribution is 6.32. The Morgan fingerprint density at radius 2 is 1.92 bits per heavy atom. The van der Waals surface area contributed by atoms with Crippen LogP contribution in [0.3, 0.4) is 0 Å². The molecule has 2 aromatic carbocycles. The molecule has 0 aliphatic carbocycles. The monoisotopic (exact) mass is 340 g/mol. The molecular weight excluding hydrogens is 328 g/mol. The van der Waals surface area contributed by atoms with Gasteiger partial charge < -0.3 is 4.74 Å². The fraction of sp³-hybridized carbons (Fsp3) is 0. The number of anilines is 1. The average Bonchev–Trinajstić information content (AvgIpc) is 2.60. The number of para-hydroxylation sites is 1. The molecule has 24 heavy (non-hydrogen) atoms. The van der Waals surface area contributed by atoms with Crippen molar-refractivity contribution in [3.05, 3.63) is 81.7 Å². The molecule has 0 amide bonds. The molecule has 7 heteroatoms. The van der Waals surface area contributed by atoms with Crippen LogP contribution in [0.25, 0.3) is 0 Å². The number of hydrazone groups is 1. The van der Waals surface area contributed by atoms with Crippen molar-refractivity contribution in [1.82, 2.24) is 10.2 Å². The third-order valence-electron chi connectivity index (χ3n) is 3.03. The van der Waals surface area contributed by atoms with Crippen molar-refractivity contribution < 1.29 is 4.74 Å². The molecule has 0 saturated heterocycles. The molecule has 2 N–H and O–H groups in total. The molecule has 1 heterocycles. The second-order valence-corrected chi connectivity index (χ2v) is 5.16. The summed E-state index contributed by atoms with van der Waals surface area (Å²) in [7, 11) is 0. The van der Waals surface area contributed by atoms with Crippen LogP contribution in [-0.4, -0.2) is 16.4 Å². The first kappa shape index (κ1) is 15.8. The Hall–Kier alpha value is -3.12. The SMILES string of the molecule is O=c1[nH]ncc(NN=Cc2cccc(Oc3ccccc3)c2)c1Cl. The average molecular weight is 341 g/mol. The van der Waals surface area contributed by atoms with E-state index in [1.165, 1.54) is 6.20 Å². The standard InChI is InChI=1S/C17H13ClN4O2/c18-16-15(11-20-22-17(16)23)21-19-10-12-5-4-8-14(9-12)24-13-6-2-1-3-7-13/h1-11H,(H2,21,22,23). The third-order valence-corrected chi connectivity index (χ3v) is 3.41. The van der Waals surface area contributed by atoms with Gasteiger partial charge in [0.1, 0.15) is 22.2 Å². The van der Waals surface area contributed by atoms with E-state index in [1.807, 2.05) is 54.6 Å². The summed E-state index contributed by atoms with van der Waals surface area (Å²) in [4.78, 5) is 11.3. The first-order valence-electron chi connectivity index (χ1n) is 7.07. The smallest absolute Gasteiger partial charge is 0.285 e. The second-order valence-electron chi connectivity index (χ2n) is 4.78. The van der Waals surface area contributed by atoms with Crippen LogP contribution < -0.4 is 15.7 Å². The summed E-state index contributed by atoms with van der Waals surface area (Å²) in [5, 5.41) is 9.94. The second kappa shape index (κ2) is 7.43. The summed E-state index contributed by atoms with van der Waals surface area (Å²) in [5.41, 5.74) is 3.36. The Kier molecular flexibility index (Phi) is 4.88. The Morgan fingerprint density at radius 1 is 1.12 bits per heavy atom. The number of aromatic amines is 1. The van der Waals surface area contributed by atoms with Gasteiger partial charge in [0, 0.05) is 0 Å². The fourth-order valence-electron chi connectivity index (χ4n) is 1.92. The van der Waals surface area contributed by atoms with E-state index in [9.17, 15) is 4.79 Å². The van der Waals surface area contributed by atoms with Gasteiger partial charge in [-0.1, -0.05) is 41.9 Å². The lowest BCUT2D eigenvalue weighted by Gasteiger charge is -2.06. The van der Waals surface area contributed by atoms with Crippen molar-refractivity contribution in [1.29, 1.82) is 0 Å². The Balaban J connectivity index is 1.70. The van der Waals surface area contributed by atoms with Crippen molar-refractivity contribution >= 4 is 23.5 Å². The predicted octanol–water partition coefficient (Wildman–Crippen LogP) is 3.66. The van der Waals surface area contributed by atoms with Crippen LogP contribution in [0.5, 0.6) is 11.5 Å². The maximum atomic E-state index is 11.3. The predicted molar refractivity (Wildman–Crippen MR) is 94.0 cm³/mol. The van der Waals surface area contributed by atoms with Gasteiger partial charge in [-0.05, 0) is 29.8 Å². The summed E-state index contributed by atoms with van der Waals surface area (Å²) in [6.45, 7) is 0. The molecule has 0 saturated carbocycles. The molecule has 1 aromatic heterocycles. The molecule has 0 aliphatic rings. The zero-order valence-corrected chi connectivity index (χ0v) is 13.2. The van der Waals surface area contributed by atoms with Crippen LogP contribution in [0.1, 0.15) is 5.56 Å². The molecule has 3 aromatic rings. The maximum Gasteiger partial charge on any atom is 0.285 e. The zero-order chi connectivity index (χ0) is 16.8. The molecular formula is C17H13ClN4O2. The van der Waals surface area contributed by atoms with Gasteiger partial charge in [-0.15, -0.1) is 0 Å². The van der Waals surface area contributed by atoms with Crippen LogP contribution in [-0.2, 0) is 0 Å². The van der Waals surface area contributed by atoms with Crippen molar-refractivity contribution in [2.24, 2.45) is 5.10 Å². The van der Waals surface area contributed by atoms with E-state index in [-0.39, 0.29) is 5.02 Å². The van der Waals surface area contributed by atoms with E-state index in [0.29, 0.717) is 11.4 Å². The summed E-state index contributed by atoms with van der Waals surface area (Å²) in [6.07, 6.45) is 2.98. The highest BCUT2D eigenvalue weighted by Crippen LogP contribution is 2.21. The highest BCUT2D eigenvalue weighted by Gasteiger charge is 2.03. The largest absolute Gasteiger partial charge is 0.457 e. The normalized spacial score (nSPS) is 10.7. The van der Waals surface area contributed by atoms with E-state index in [2.05, 4.69) is 20.7 Å². The molecule has 0 fully saturated rings. The number of hydrogen-bond donors (Lipinski definition) is 2. The molecule has 0 spiro atoms. The number of H-pyrrole nitrogens is 1. The minimum absolute atomic E-state index is 0.00307. The number of halogens is 1. The maximum absolute atomic E-state index is 11.3. The summed E-state index contributed by atoms with van der Waals surface area (Å²) < 4.78 is 5.76. The number of rotatable bonds is 5. The molecule has 120 valence electrons. The molecule has 0 radical (unpaired) electrons. The molecule has 6 nitrogen and oxygen atoms in total. The topological polar surface area (TPSA) is 79.4 Å². The molecule has 0 bridgehead atoms. The van der Waals surface area contributed by atoms with Gasteiger partial charge in [-0.2, -0.15) is 10.2 Å².